The molecule has 11 rings (SSSR count). The van der Waals surface area contributed by atoms with Crippen molar-refractivity contribution in [2.75, 3.05) is 0 Å². The van der Waals surface area contributed by atoms with Crippen LogP contribution in [0.1, 0.15) is 0 Å². The molecule has 0 bridgehead atoms. The van der Waals surface area contributed by atoms with Gasteiger partial charge >= 0.3 is 0 Å². The zero-order valence-corrected chi connectivity index (χ0v) is 29.0. The van der Waals surface area contributed by atoms with Crippen LogP contribution in [0.5, 0.6) is 0 Å². The third-order valence-electron chi connectivity index (χ3n) is 10.4. The topological polar surface area (TPSA) is 48.5 Å². The second-order valence-electron chi connectivity index (χ2n) is 13.5. The van der Waals surface area contributed by atoms with E-state index in [4.69, 9.17) is 15.0 Å². The summed E-state index contributed by atoms with van der Waals surface area (Å²) in [7, 11) is 0. The molecule has 0 atom stereocenters. The van der Waals surface area contributed by atoms with Crippen LogP contribution in [0.25, 0.3) is 99.9 Å². The SMILES string of the molecule is c1c(-c2cc3c4ccccc4n(-c4ccccc4)c3c3c2c2ccccc2n3-c2nc(-c3ccccc3)nc(-c3ccccc3)n2)cc2ccccc2c#1. The summed E-state index contributed by atoms with van der Waals surface area (Å²) in [5.74, 6) is 1.77. The number of para-hydroxylation sites is 3. The number of fused-ring (bicyclic) bond motifs is 8. The highest BCUT2D eigenvalue weighted by atomic mass is 15.2. The Labute approximate surface area is 311 Å². The van der Waals surface area contributed by atoms with Crippen LogP contribution in [-0.4, -0.2) is 24.1 Å². The van der Waals surface area contributed by atoms with Gasteiger partial charge in [0.2, 0.25) is 5.95 Å². The second-order valence-corrected chi connectivity index (χ2v) is 13.5. The fourth-order valence-corrected chi connectivity index (χ4v) is 7.97. The van der Waals surface area contributed by atoms with Crippen molar-refractivity contribution in [2.24, 2.45) is 0 Å². The van der Waals surface area contributed by atoms with Crippen molar-refractivity contribution in [3.8, 4) is 45.5 Å². The third kappa shape index (κ3) is 4.64. The van der Waals surface area contributed by atoms with Gasteiger partial charge in [-0.25, -0.2) is 4.98 Å². The standard InChI is InChI=1S/C49H29N5/c1-4-17-33(18-5-1)47-50-48(34-19-6-2-7-20-34)52-49(51-47)54-43-27-15-13-25-39(43)44-40(36-29-28-32-16-10-11-21-35(32)30-36)31-41-38-24-12-14-26-42(38)53(45(41)46(44)54)37-22-8-3-9-23-37/h1-27,30-31H. The molecule has 0 spiro atoms. The second kappa shape index (κ2) is 12.0. The monoisotopic (exact) mass is 687 g/mol. The van der Waals surface area contributed by atoms with Crippen molar-refractivity contribution >= 4 is 54.4 Å². The van der Waals surface area contributed by atoms with Gasteiger partial charge in [-0.1, -0.05) is 146 Å². The van der Waals surface area contributed by atoms with Crippen molar-refractivity contribution in [1.82, 2.24) is 24.1 Å². The Balaban J connectivity index is 1.36. The maximum absolute atomic E-state index is 5.30. The highest BCUT2D eigenvalue weighted by Crippen LogP contribution is 2.46. The van der Waals surface area contributed by atoms with Crippen molar-refractivity contribution in [3.05, 3.63) is 188 Å². The Morgan fingerprint density at radius 1 is 0.426 bits per heavy atom. The first-order valence-corrected chi connectivity index (χ1v) is 18.1. The van der Waals surface area contributed by atoms with E-state index in [9.17, 15) is 0 Å². The number of aromatic nitrogens is 5. The number of nitrogens with zero attached hydrogens (tertiary/aromatic N) is 5. The largest absolute Gasteiger partial charge is 0.307 e. The lowest BCUT2D eigenvalue weighted by molar-refractivity contribution is 0.953. The Hall–Kier alpha value is -7.55. The van der Waals surface area contributed by atoms with Crippen LogP contribution in [0, 0.1) is 12.1 Å². The molecule has 0 amide bonds. The minimum atomic E-state index is 0.547. The van der Waals surface area contributed by atoms with Gasteiger partial charge in [-0.05, 0) is 47.9 Å². The Kier molecular flexibility index (Phi) is 6.70. The van der Waals surface area contributed by atoms with Crippen molar-refractivity contribution in [1.29, 1.82) is 0 Å². The predicted octanol–water partition coefficient (Wildman–Crippen LogP) is 11.8. The smallest absolute Gasteiger partial charge is 0.238 e. The van der Waals surface area contributed by atoms with E-state index in [1.165, 1.54) is 0 Å². The van der Waals surface area contributed by atoms with Gasteiger partial charge in [0.15, 0.2) is 11.6 Å². The molecule has 0 saturated carbocycles. The fraction of sp³-hybridized carbons (Fsp3) is 0. The summed E-state index contributed by atoms with van der Waals surface area (Å²) in [4.78, 5) is 15.6. The van der Waals surface area contributed by atoms with Crippen LogP contribution < -0.4 is 0 Å². The van der Waals surface area contributed by atoms with Gasteiger partial charge < -0.3 is 4.57 Å². The molecule has 0 N–H and O–H groups in total. The van der Waals surface area contributed by atoms with Crippen LogP contribution in [0.4, 0.5) is 0 Å². The van der Waals surface area contributed by atoms with Crippen molar-refractivity contribution in [3.63, 3.8) is 0 Å². The molecule has 8 aromatic carbocycles. The summed E-state index contributed by atoms with van der Waals surface area (Å²) < 4.78 is 4.64. The van der Waals surface area contributed by atoms with Crippen LogP contribution in [0.3, 0.4) is 0 Å². The van der Waals surface area contributed by atoms with E-state index in [1.54, 1.807) is 0 Å². The molecular weight excluding hydrogens is 659 g/mol. The zero-order valence-electron chi connectivity index (χ0n) is 29.0. The lowest BCUT2D eigenvalue weighted by Crippen LogP contribution is -2.07. The lowest BCUT2D eigenvalue weighted by Gasteiger charge is -2.14. The van der Waals surface area contributed by atoms with E-state index in [-0.39, 0.29) is 0 Å². The molecule has 0 aliphatic carbocycles. The van der Waals surface area contributed by atoms with Crippen LogP contribution in [0.15, 0.2) is 176 Å². The summed E-state index contributed by atoms with van der Waals surface area (Å²) >= 11 is 0. The maximum Gasteiger partial charge on any atom is 0.238 e. The van der Waals surface area contributed by atoms with Crippen LogP contribution in [0.2, 0.25) is 0 Å². The predicted molar refractivity (Wildman–Crippen MR) is 220 cm³/mol. The zero-order chi connectivity index (χ0) is 35.6. The molecule has 0 radical (unpaired) electrons. The number of hydrogen-bond acceptors (Lipinski definition) is 3. The molecule has 5 nitrogen and oxygen atoms in total. The molecule has 5 heteroatoms. The first kappa shape index (κ1) is 30.1. The Morgan fingerprint density at radius 2 is 1.00 bits per heavy atom. The molecule has 3 aromatic heterocycles. The van der Waals surface area contributed by atoms with E-state index in [0.717, 1.165) is 82.3 Å². The summed E-state index contributed by atoms with van der Waals surface area (Å²) in [6, 6.07) is 68.1. The van der Waals surface area contributed by atoms with Crippen molar-refractivity contribution in [2.45, 2.75) is 0 Å². The molecule has 0 aliphatic rings. The molecule has 54 heavy (non-hydrogen) atoms. The van der Waals surface area contributed by atoms with Gasteiger partial charge in [0, 0.05) is 54.9 Å². The molecular formula is C49H29N5. The fourth-order valence-electron chi connectivity index (χ4n) is 7.97. The molecule has 0 unspecified atom stereocenters. The Morgan fingerprint density at radius 3 is 1.70 bits per heavy atom. The average Bonchev–Trinajstić information content (AvgIpc) is 3.77. The number of hydrogen-bond donors (Lipinski definition) is 0. The average molecular weight is 688 g/mol. The molecule has 0 saturated heterocycles. The van der Waals surface area contributed by atoms with Gasteiger partial charge in [0.1, 0.15) is 0 Å². The van der Waals surface area contributed by atoms with Gasteiger partial charge in [-0.2, -0.15) is 9.97 Å². The number of rotatable bonds is 5. The highest BCUT2D eigenvalue weighted by molar-refractivity contribution is 6.28. The van der Waals surface area contributed by atoms with E-state index in [2.05, 4.69) is 155 Å². The minimum absolute atomic E-state index is 0.547. The molecule has 3 heterocycles. The normalized spacial score (nSPS) is 11.6. The van der Waals surface area contributed by atoms with Gasteiger partial charge in [-0.15, -0.1) is 0 Å². The van der Waals surface area contributed by atoms with E-state index in [1.807, 2.05) is 42.5 Å². The van der Waals surface area contributed by atoms with E-state index >= 15 is 0 Å². The lowest BCUT2D eigenvalue weighted by atomic mass is 9.96. The van der Waals surface area contributed by atoms with Gasteiger partial charge in [0.25, 0.3) is 0 Å². The third-order valence-corrected chi connectivity index (χ3v) is 10.4. The number of benzene rings is 7. The summed E-state index contributed by atoms with van der Waals surface area (Å²) in [5, 5.41) is 6.63. The van der Waals surface area contributed by atoms with Crippen molar-refractivity contribution < 1.29 is 0 Å². The summed E-state index contributed by atoms with van der Waals surface area (Å²) in [5.41, 5.74) is 9.17. The van der Waals surface area contributed by atoms with Crippen LogP contribution in [-0.2, 0) is 0 Å². The molecule has 0 aliphatic heterocycles. The summed E-state index contributed by atoms with van der Waals surface area (Å²) in [6.45, 7) is 0. The Bertz CT molecular complexity index is 3140. The first-order valence-electron chi connectivity index (χ1n) is 18.1. The van der Waals surface area contributed by atoms with E-state index in [0.29, 0.717) is 17.6 Å². The van der Waals surface area contributed by atoms with Gasteiger partial charge in [-0.3, -0.25) is 4.57 Å². The molecule has 0 fully saturated rings. The first-order chi connectivity index (χ1) is 26.8. The van der Waals surface area contributed by atoms with Crippen LogP contribution >= 0.6 is 0 Å². The highest BCUT2D eigenvalue weighted by Gasteiger charge is 2.26. The van der Waals surface area contributed by atoms with E-state index < -0.39 is 0 Å². The van der Waals surface area contributed by atoms with Gasteiger partial charge in [0.05, 0.1) is 22.1 Å². The minimum Gasteiger partial charge on any atom is -0.307 e. The molecule has 11 aromatic rings. The summed E-state index contributed by atoms with van der Waals surface area (Å²) in [6.07, 6.45) is 0. The molecule has 250 valence electrons. The maximum atomic E-state index is 5.30. The quantitative estimate of drug-likeness (QED) is 0.181.